The van der Waals surface area contributed by atoms with Gasteiger partial charge in [-0.3, -0.25) is 4.79 Å². The summed E-state index contributed by atoms with van der Waals surface area (Å²) in [5.74, 6) is -0.842. The molecule has 1 aliphatic heterocycles. The molecule has 0 spiro atoms. The summed E-state index contributed by atoms with van der Waals surface area (Å²) >= 11 is 0. The number of hydrogen-bond acceptors (Lipinski definition) is 4. The molecule has 0 unspecified atom stereocenters. The number of nitrogens with zero attached hydrogens (tertiary/aromatic N) is 3. The molecule has 0 saturated carbocycles. The number of rotatable bonds is 5. The van der Waals surface area contributed by atoms with Crippen LogP contribution in [0.4, 0.5) is 5.69 Å². The van der Waals surface area contributed by atoms with Crippen LogP contribution in [0.15, 0.2) is 42.6 Å². The Hall–Kier alpha value is -2.89. The van der Waals surface area contributed by atoms with Crippen LogP contribution in [0.3, 0.4) is 0 Å². The van der Waals surface area contributed by atoms with E-state index in [1.807, 2.05) is 4.90 Å². The molecule has 6 nitrogen and oxygen atoms in total. The number of aromatic nitrogens is 1. The van der Waals surface area contributed by atoms with E-state index >= 15 is 0 Å². The van der Waals surface area contributed by atoms with Crippen molar-refractivity contribution in [2.45, 2.75) is 19.8 Å². The van der Waals surface area contributed by atoms with E-state index in [1.165, 1.54) is 17.2 Å². The van der Waals surface area contributed by atoms with Gasteiger partial charge in [0.1, 0.15) is 5.69 Å². The summed E-state index contributed by atoms with van der Waals surface area (Å²) in [4.78, 5) is 31.3. The molecule has 1 fully saturated rings. The molecule has 0 radical (unpaired) electrons. The fourth-order valence-electron chi connectivity index (χ4n) is 3.08. The number of aromatic carboxylic acids is 1. The average Bonchev–Trinajstić information content (AvgIpc) is 2.67. The van der Waals surface area contributed by atoms with Crippen LogP contribution in [-0.2, 0) is 11.2 Å². The molecule has 1 saturated heterocycles. The lowest BCUT2D eigenvalue weighted by atomic mass is 10.1. The molecule has 0 atom stereocenters. The molecule has 0 aliphatic carbocycles. The summed E-state index contributed by atoms with van der Waals surface area (Å²) in [6, 6.07) is 11.6. The van der Waals surface area contributed by atoms with Gasteiger partial charge in [0.05, 0.1) is 11.9 Å². The molecule has 1 aliphatic rings. The fourth-order valence-corrected chi connectivity index (χ4v) is 3.08. The lowest BCUT2D eigenvalue weighted by molar-refractivity contribution is -0.131. The third-order valence-electron chi connectivity index (χ3n) is 4.71. The molecule has 2 heterocycles. The maximum atomic E-state index is 12.4. The highest BCUT2D eigenvalue weighted by atomic mass is 16.4. The predicted octanol–water partition coefficient (Wildman–Crippen LogP) is 2.37. The van der Waals surface area contributed by atoms with E-state index in [-0.39, 0.29) is 11.6 Å². The highest BCUT2D eigenvalue weighted by Crippen LogP contribution is 2.16. The summed E-state index contributed by atoms with van der Waals surface area (Å²) in [6.45, 7) is 4.86. The van der Waals surface area contributed by atoms with Crippen molar-refractivity contribution < 1.29 is 14.7 Å². The highest BCUT2D eigenvalue weighted by molar-refractivity contribution is 5.85. The first-order valence-corrected chi connectivity index (χ1v) is 8.80. The number of carboxylic acids is 1. The molecular formula is C20H23N3O3. The maximum Gasteiger partial charge on any atom is 0.354 e. The first-order chi connectivity index (χ1) is 12.5. The molecule has 26 heavy (non-hydrogen) atoms. The Morgan fingerprint density at radius 1 is 1.04 bits per heavy atom. The number of carboxylic acid groups (broad SMARTS) is 1. The van der Waals surface area contributed by atoms with Crippen molar-refractivity contribution in [1.29, 1.82) is 0 Å². The van der Waals surface area contributed by atoms with Crippen molar-refractivity contribution in [2.24, 2.45) is 0 Å². The summed E-state index contributed by atoms with van der Waals surface area (Å²) in [5, 5.41) is 8.91. The van der Waals surface area contributed by atoms with Crippen molar-refractivity contribution in [3.8, 4) is 0 Å². The summed E-state index contributed by atoms with van der Waals surface area (Å²) in [5.41, 5.74) is 3.34. The van der Waals surface area contributed by atoms with E-state index in [1.54, 1.807) is 12.3 Å². The molecule has 1 aromatic heterocycles. The molecule has 1 N–H and O–H groups in total. The first kappa shape index (κ1) is 17.9. The van der Waals surface area contributed by atoms with Crippen LogP contribution in [0, 0.1) is 6.92 Å². The van der Waals surface area contributed by atoms with Gasteiger partial charge in [0, 0.05) is 32.6 Å². The first-order valence-electron chi connectivity index (χ1n) is 8.80. The minimum atomic E-state index is -1.03. The molecule has 2 aromatic rings. The Kier molecular flexibility index (Phi) is 5.51. The quantitative estimate of drug-likeness (QED) is 0.893. The summed E-state index contributed by atoms with van der Waals surface area (Å²) in [6.07, 6.45) is 2.87. The molecule has 6 heteroatoms. The van der Waals surface area contributed by atoms with Gasteiger partial charge in [-0.15, -0.1) is 0 Å². The number of aryl methyl sites for hydroxylation is 2. The number of piperazine rings is 1. The largest absolute Gasteiger partial charge is 0.477 e. The van der Waals surface area contributed by atoms with E-state index in [9.17, 15) is 9.59 Å². The molecule has 3 rings (SSSR count). The Morgan fingerprint density at radius 2 is 1.73 bits per heavy atom. The van der Waals surface area contributed by atoms with Crippen LogP contribution >= 0.6 is 0 Å². The third kappa shape index (κ3) is 4.39. The van der Waals surface area contributed by atoms with Crippen molar-refractivity contribution in [2.75, 3.05) is 31.1 Å². The van der Waals surface area contributed by atoms with Gasteiger partial charge in [-0.05, 0) is 31.0 Å². The summed E-state index contributed by atoms with van der Waals surface area (Å²) in [7, 11) is 0. The highest BCUT2D eigenvalue weighted by Gasteiger charge is 2.21. The summed E-state index contributed by atoms with van der Waals surface area (Å²) < 4.78 is 0. The Morgan fingerprint density at radius 3 is 2.31 bits per heavy atom. The van der Waals surface area contributed by atoms with Gasteiger partial charge in [0.25, 0.3) is 0 Å². The molecule has 0 bridgehead atoms. The van der Waals surface area contributed by atoms with Crippen molar-refractivity contribution in [3.05, 3.63) is 59.4 Å². The van der Waals surface area contributed by atoms with Gasteiger partial charge in [0.2, 0.25) is 5.91 Å². The van der Waals surface area contributed by atoms with Crippen LogP contribution in [-0.4, -0.2) is 53.0 Å². The van der Waals surface area contributed by atoms with Crippen LogP contribution in [0.5, 0.6) is 0 Å². The van der Waals surface area contributed by atoms with E-state index < -0.39 is 5.97 Å². The van der Waals surface area contributed by atoms with Crippen LogP contribution < -0.4 is 4.90 Å². The second kappa shape index (κ2) is 7.99. The maximum absolute atomic E-state index is 12.4. The van der Waals surface area contributed by atoms with Gasteiger partial charge in [-0.2, -0.15) is 0 Å². The van der Waals surface area contributed by atoms with Crippen molar-refractivity contribution >= 4 is 17.6 Å². The van der Waals surface area contributed by atoms with Gasteiger partial charge in [-0.1, -0.05) is 29.8 Å². The van der Waals surface area contributed by atoms with E-state index in [0.717, 1.165) is 25.2 Å². The average molecular weight is 353 g/mol. The number of hydrogen-bond donors (Lipinski definition) is 1. The normalized spacial score (nSPS) is 14.3. The predicted molar refractivity (Wildman–Crippen MR) is 99.5 cm³/mol. The van der Waals surface area contributed by atoms with Gasteiger partial charge >= 0.3 is 5.97 Å². The molecule has 136 valence electrons. The van der Waals surface area contributed by atoms with Gasteiger partial charge < -0.3 is 14.9 Å². The topological polar surface area (TPSA) is 73.7 Å². The lowest BCUT2D eigenvalue weighted by Crippen LogP contribution is -2.48. The van der Waals surface area contributed by atoms with Crippen LogP contribution in [0.2, 0.25) is 0 Å². The third-order valence-corrected chi connectivity index (χ3v) is 4.71. The molecule has 1 amide bonds. The Labute approximate surface area is 153 Å². The van der Waals surface area contributed by atoms with Crippen molar-refractivity contribution in [1.82, 2.24) is 9.88 Å². The van der Waals surface area contributed by atoms with Crippen LogP contribution in [0.25, 0.3) is 0 Å². The second-order valence-electron chi connectivity index (χ2n) is 6.56. The monoisotopic (exact) mass is 353 g/mol. The minimum absolute atomic E-state index is 0.0404. The second-order valence-corrected chi connectivity index (χ2v) is 6.56. The lowest BCUT2D eigenvalue weighted by Gasteiger charge is -2.36. The zero-order valence-electron chi connectivity index (χ0n) is 14.9. The Bertz CT molecular complexity index is 764. The number of carbonyl (C=O) groups is 2. The van der Waals surface area contributed by atoms with E-state index in [4.69, 9.17) is 5.11 Å². The van der Waals surface area contributed by atoms with Crippen LogP contribution in [0.1, 0.15) is 28.0 Å². The zero-order valence-corrected chi connectivity index (χ0v) is 14.9. The molecule has 1 aromatic carbocycles. The van der Waals surface area contributed by atoms with Crippen molar-refractivity contribution in [3.63, 3.8) is 0 Å². The number of pyridine rings is 1. The minimum Gasteiger partial charge on any atom is -0.477 e. The smallest absolute Gasteiger partial charge is 0.354 e. The van der Waals surface area contributed by atoms with E-state index in [0.29, 0.717) is 19.5 Å². The number of anilines is 1. The molecular weight excluding hydrogens is 330 g/mol. The number of amides is 1. The van der Waals surface area contributed by atoms with E-state index in [2.05, 4.69) is 41.1 Å². The van der Waals surface area contributed by atoms with Gasteiger partial charge in [-0.25, -0.2) is 9.78 Å². The zero-order chi connectivity index (χ0) is 18.5. The number of carbonyl (C=O) groups excluding carboxylic acids is 1. The fraction of sp³-hybridized carbons (Fsp3) is 0.350. The Balaban J connectivity index is 1.48. The standard InChI is InChI=1S/C20H23N3O3/c1-15-2-4-16(5-3-15)6-9-19(24)23-12-10-22(11-13-23)17-7-8-18(20(25)26)21-14-17/h2-5,7-8,14H,6,9-13H2,1H3,(H,25,26). The SMILES string of the molecule is Cc1ccc(CCC(=O)N2CCN(c3ccc(C(=O)O)nc3)CC2)cc1. The van der Waals surface area contributed by atoms with Gasteiger partial charge in [0.15, 0.2) is 0 Å². The number of benzene rings is 1.